The molecule has 0 aliphatic heterocycles. The van der Waals surface area contributed by atoms with Crippen molar-refractivity contribution in [3.05, 3.63) is 41.3 Å². The zero-order valence-electron chi connectivity index (χ0n) is 6.16. The van der Waals surface area contributed by atoms with Crippen LogP contribution in [0.3, 0.4) is 0 Å². The van der Waals surface area contributed by atoms with Gasteiger partial charge in [0.05, 0.1) is 5.70 Å². The highest BCUT2D eigenvalue weighted by Gasteiger charge is 1.93. The number of nitrogens with zero attached hydrogens (tertiary/aromatic N) is 1. The van der Waals surface area contributed by atoms with Gasteiger partial charge < -0.3 is 0 Å². The standard InChI is InChI=1S/C9H7NO/c1-8-5-3-2-4-6-9(8)10-7-11/h2,4-6H,1H3. The highest BCUT2D eigenvalue weighted by molar-refractivity contribution is 5.44. The van der Waals surface area contributed by atoms with E-state index in [-0.39, 0.29) is 0 Å². The minimum Gasteiger partial charge on any atom is -0.211 e. The quantitative estimate of drug-likeness (QED) is 0.314. The Morgan fingerprint density at radius 2 is 2.45 bits per heavy atom. The van der Waals surface area contributed by atoms with Gasteiger partial charge in [0.25, 0.3) is 0 Å². The summed E-state index contributed by atoms with van der Waals surface area (Å²) < 4.78 is 0. The van der Waals surface area contributed by atoms with E-state index in [0.717, 1.165) is 5.57 Å². The molecule has 0 unspecified atom stereocenters. The molecule has 1 rings (SSSR count). The van der Waals surface area contributed by atoms with Crippen molar-refractivity contribution in [2.75, 3.05) is 0 Å². The lowest BCUT2D eigenvalue weighted by Gasteiger charge is -1.91. The Morgan fingerprint density at radius 3 is 3.18 bits per heavy atom. The highest BCUT2D eigenvalue weighted by atomic mass is 16.1. The first-order chi connectivity index (χ1) is 5.34. The Balaban J connectivity index is 3.12. The smallest absolute Gasteiger partial charge is 0.211 e. The third kappa shape index (κ3) is 1.91. The van der Waals surface area contributed by atoms with Gasteiger partial charge in [0, 0.05) is 0 Å². The molecule has 0 fully saturated rings. The lowest BCUT2D eigenvalue weighted by atomic mass is 10.2. The summed E-state index contributed by atoms with van der Waals surface area (Å²) in [4.78, 5) is 13.4. The summed E-state index contributed by atoms with van der Waals surface area (Å²) in [5.41, 5.74) is 4.46. The monoisotopic (exact) mass is 145 g/mol. The molecule has 0 saturated carbocycles. The van der Waals surface area contributed by atoms with Gasteiger partial charge in [-0.1, -0.05) is 6.08 Å². The van der Waals surface area contributed by atoms with E-state index >= 15 is 0 Å². The molecule has 0 aromatic heterocycles. The number of carbonyl (C=O) groups excluding carboxylic acids is 1. The molecule has 11 heavy (non-hydrogen) atoms. The average molecular weight is 145 g/mol. The summed E-state index contributed by atoms with van der Waals surface area (Å²) in [5.74, 6) is 0. The number of isocyanates is 1. The lowest BCUT2D eigenvalue weighted by molar-refractivity contribution is 0.565. The van der Waals surface area contributed by atoms with Crippen LogP contribution in [0, 0.1) is 0 Å². The van der Waals surface area contributed by atoms with Crippen LogP contribution in [0.1, 0.15) is 6.92 Å². The fraction of sp³-hybridized carbons (Fsp3) is 0.111. The molecule has 2 nitrogen and oxygen atoms in total. The molecule has 1 aliphatic rings. The maximum atomic E-state index is 9.93. The topological polar surface area (TPSA) is 29.4 Å². The van der Waals surface area contributed by atoms with Gasteiger partial charge in [-0.05, 0) is 30.7 Å². The Morgan fingerprint density at radius 1 is 1.64 bits per heavy atom. The molecule has 0 N–H and O–H groups in total. The molecule has 0 radical (unpaired) electrons. The van der Waals surface area contributed by atoms with Crippen LogP contribution >= 0.6 is 0 Å². The van der Waals surface area contributed by atoms with Crippen LogP contribution in [0.5, 0.6) is 0 Å². The lowest BCUT2D eigenvalue weighted by Crippen LogP contribution is -1.76. The van der Waals surface area contributed by atoms with Gasteiger partial charge in [-0.15, -0.1) is 5.73 Å². The third-order valence-electron chi connectivity index (χ3n) is 1.32. The number of hydrogen-bond acceptors (Lipinski definition) is 2. The normalized spacial score (nSPS) is 14.6. The third-order valence-corrected chi connectivity index (χ3v) is 1.32. The summed E-state index contributed by atoms with van der Waals surface area (Å²) >= 11 is 0. The molecule has 54 valence electrons. The second-order valence-corrected chi connectivity index (χ2v) is 2.11. The van der Waals surface area contributed by atoms with Crippen molar-refractivity contribution in [3.63, 3.8) is 0 Å². The van der Waals surface area contributed by atoms with Crippen molar-refractivity contribution in [1.29, 1.82) is 0 Å². The molecular formula is C9H7NO. The first-order valence-corrected chi connectivity index (χ1v) is 3.22. The second-order valence-electron chi connectivity index (χ2n) is 2.11. The molecule has 0 heterocycles. The predicted octanol–water partition coefficient (Wildman–Crippen LogP) is 1.88. The number of allylic oxidation sites excluding steroid dienone is 4. The van der Waals surface area contributed by atoms with Crippen molar-refractivity contribution in [2.45, 2.75) is 6.92 Å². The van der Waals surface area contributed by atoms with Crippen LogP contribution in [-0.2, 0) is 4.79 Å². The maximum absolute atomic E-state index is 9.93. The van der Waals surface area contributed by atoms with Crippen LogP contribution in [0.2, 0.25) is 0 Å². The maximum Gasteiger partial charge on any atom is 0.240 e. The molecule has 0 spiro atoms. The summed E-state index contributed by atoms with van der Waals surface area (Å²) in [6, 6.07) is 0. The Hall–Kier alpha value is -1.62. The Bertz CT molecular complexity index is 321. The van der Waals surface area contributed by atoms with E-state index in [0.29, 0.717) is 5.70 Å². The summed E-state index contributed by atoms with van der Waals surface area (Å²) in [7, 11) is 0. The van der Waals surface area contributed by atoms with Crippen LogP contribution < -0.4 is 0 Å². The molecule has 0 amide bonds. The predicted molar refractivity (Wildman–Crippen MR) is 42.6 cm³/mol. The molecular weight excluding hydrogens is 138 g/mol. The first kappa shape index (κ1) is 7.49. The minimum absolute atomic E-state index is 0.640. The van der Waals surface area contributed by atoms with Crippen LogP contribution in [0.25, 0.3) is 0 Å². The fourth-order valence-corrected chi connectivity index (χ4v) is 0.748. The van der Waals surface area contributed by atoms with Crippen molar-refractivity contribution >= 4 is 6.08 Å². The fourth-order valence-electron chi connectivity index (χ4n) is 0.748. The minimum atomic E-state index is 0.640. The zero-order valence-corrected chi connectivity index (χ0v) is 6.16. The second kappa shape index (κ2) is 3.52. The summed E-state index contributed by atoms with van der Waals surface area (Å²) in [5, 5.41) is 0. The van der Waals surface area contributed by atoms with Gasteiger partial charge in [-0.2, -0.15) is 4.99 Å². The molecule has 0 atom stereocenters. The SMILES string of the molecule is CC1=C(N=C=O)C=CC=C=C1. The van der Waals surface area contributed by atoms with Crippen LogP contribution in [0.4, 0.5) is 0 Å². The molecule has 2 heteroatoms. The highest BCUT2D eigenvalue weighted by Crippen LogP contribution is 2.09. The molecule has 1 aliphatic carbocycles. The van der Waals surface area contributed by atoms with Crippen molar-refractivity contribution in [1.82, 2.24) is 0 Å². The Labute approximate surface area is 65.0 Å². The van der Waals surface area contributed by atoms with E-state index < -0.39 is 0 Å². The van der Waals surface area contributed by atoms with Crippen molar-refractivity contribution in [2.24, 2.45) is 4.99 Å². The van der Waals surface area contributed by atoms with E-state index in [1.807, 2.05) is 6.92 Å². The van der Waals surface area contributed by atoms with Gasteiger partial charge in [0.1, 0.15) is 0 Å². The average Bonchev–Trinajstić information content (AvgIpc) is 2.18. The van der Waals surface area contributed by atoms with Crippen molar-refractivity contribution < 1.29 is 4.79 Å². The van der Waals surface area contributed by atoms with Crippen LogP contribution in [0.15, 0.2) is 46.3 Å². The Kier molecular flexibility index (Phi) is 2.40. The molecule has 0 aromatic rings. The van der Waals surface area contributed by atoms with Gasteiger partial charge in [0.15, 0.2) is 0 Å². The van der Waals surface area contributed by atoms with E-state index in [1.165, 1.54) is 6.08 Å². The van der Waals surface area contributed by atoms with E-state index in [2.05, 4.69) is 10.7 Å². The van der Waals surface area contributed by atoms with E-state index in [9.17, 15) is 4.79 Å². The molecule has 0 saturated heterocycles. The largest absolute Gasteiger partial charge is 0.240 e. The molecule has 0 bridgehead atoms. The number of aliphatic imine (C=N–C) groups is 1. The van der Waals surface area contributed by atoms with Crippen molar-refractivity contribution in [3.8, 4) is 0 Å². The van der Waals surface area contributed by atoms with Gasteiger partial charge in [-0.25, -0.2) is 4.79 Å². The van der Waals surface area contributed by atoms with Crippen LogP contribution in [-0.4, -0.2) is 6.08 Å². The van der Waals surface area contributed by atoms with Gasteiger partial charge in [-0.3, -0.25) is 0 Å². The van der Waals surface area contributed by atoms with E-state index in [1.54, 1.807) is 24.3 Å². The number of rotatable bonds is 1. The first-order valence-electron chi connectivity index (χ1n) is 3.22. The summed E-state index contributed by atoms with van der Waals surface area (Å²) in [6.45, 7) is 1.87. The van der Waals surface area contributed by atoms with Gasteiger partial charge in [0.2, 0.25) is 6.08 Å². The van der Waals surface area contributed by atoms with E-state index in [4.69, 9.17) is 0 Å². The zero-order chi connectivity index (χ0) is 8.10. The number of hydrogen-bond donors (Lipinski definition) is 0. The molecule has 0 aromatic carbocycles. The summed E-state index contributed by atoms with van der Waals surface area (Å²) in [6.07, 6.45) is 8.56. The van der Waals surface area contributed by atoms with Gasteiger partial charge >= 0.3 is 0 Å².